The molecular formula is C23H16ClF4N3O. The van der Waals surface area contributed by atoms with Crippen molar-refractivity contribution in [2.75, 3.05) is 5.32 Å². The van der Waals surface area contributed by atoms with E-state index in [9.17, 15) is 27.6 Å². The zero-order valence-electron chi connectivity index (χ0n) is 16.9. The van der Waals surface area contributed by atoms with Crippen molar-refractivity contribution in [3.8, 4) is 11.8 Å². The van der Waals surface area contributed by atoms with E-state index >= 15 is 0 Å². The number of amides is 1. The van der Waals surface area contributed by atoms with Crippen molar-refractivity contribution >= 4 is 29.3 Å². The second-order valence-corrected chi connectivity index (χ2v) is 7.36. The van der Waals surface area contributed by atoms with Gasteiger partial charge in [-0.2, -0.15) is 18.4 Å². The molecule has 32 heavy (non-hydrogen) atoms. The second-order valence-electron chi connectivity index (χ2n) is 6.95. The fourth-order valence-corrected chi connectivity index (χ4v) is 3.38. The van der Waals surface area contributed by atoms with Gasteiger partial charge in [0.2, 0.25) is 0 Å². The Bertz CT molecular complexity index is 1250. The van der Waals surface area contributed by atoms with Crippen molar-refractivity contribution in [3.63, 3.8) is 0 Å². The predicted molar refractivity (Wildman–Crippen MR) is 114 cm³/mol. The highest BCUT2D eigenvalue weighted by Crippen LogP contribution is 2.34. The highest BCUT2D eigenvalue weighted by molar-refractivity contribution is 6.34. The Labute approximate surface area is 186 Å². The van der Waals surface area contributed by atoms with Crippen molar-refractivity contribution < 1.29 is 22.4 Å². The number of nitriles is 1. The van der Waals surface area contributed by atoms with E-state index in [-0.39, 0.29) is 22.1 Å². The third kappa shape index (κ3) is 4.84. The number of anilines is 1. The quantitative estimate of drug-likeness (QED) is 0.276. The van der Waals surface area contributed by atoms with Crippen LogP contribution in [0, 0.1) is 31.0 Å². The third-order valence-electron chi connectivity index (χ3n) is 4.76. The lowest BCUT2D eigenvalue weighted by molar-refractivity contribution is -0.137. The summed E-state index contributed by atoms with van der Waals surface area (Å²) in [7, 11) is 0. The molecule has 0 saturated carbocycles. The van der Waals surface area contributed by atoms with E-state index in [0.29, 0.717) is 23.0 Å². The highest BCUT2D eigenvalue weighted by atomic mass is 35.5. The first-order valence-corrected chi connectivity index (χ1v) is 9.64. The molecule has 0 atom stereocenters. The average Bonchev–Trinajstić information content (AvgIpc) is 3.00. The third-order valence-corrected chi connectivity index (χ3v) is 5.09. The molecule has 0 aliphatic heterocycles. The van der Waals surface area contributed by atoms with E-state index in [2.05, 4.69) is 5.32 Å². The fourth-order valence-electron chi connectivity index (χ4n) is 3.21. The zero-order valence-corrected chi connectivity index (χ0v) is 17.6. The lowest BCUT2D eigenvalue weighted by atomic mass is 10.1. The maximum Gasteiger partial charge on any atom is 0.416 e. The van der Waals surface area contributed by atoms with Crippen LogP contribution in [-0.4, -0.2) is 10.5 Å². The van der Waals surface area contributed by atoms with Gasteiger partial charge < -0.3 is 9.88 Å². The van der Waals surface area contributed by atoms with Crippen LogP contribution in [-0.2, 0) is 11.0 Å². The van der Waals surface area contributed by atoms with E-state index in [1.807, 2.05) is 11.5 Å². The standard InChI is InChI=1S/C23H16ClF4N3O/c1-13-9-15(14(2)31(13)19-6-4-18(25)5-7-19)10-16(12-29)22(32)30-21-11-17(23(26,27)28)3-8-20(21)24/h3-11H,1-2H3,(H,30,32)/b16-10+. The van der Waals surface area contributed by atoms with E-state index in [1.165, 1.54) is 18.2 Å². The summed E-state index contributed by atoms with van der Waals surface area (Å²) in [5, 5.41) is 11.6. The number of hydrogen-bond donors (Lipinski definition) is 1. The molecule has 3 rings (SSSR count). The van der Waals surface area contributed by atoms with Gasteiger partial charge in [0, 0.05) is 17.1 Å². The molecule has 0 radical (unpaired) electrons. The topological polar surface area (TPSA) is 57.8 Å². The summed E-state index contributed by atoms with van der Waals surface area (Å²) < 4.78 is 53.9. The Morgan fingerprint density at radius 3 is 2.38 bits per heavy atom. The number of benzene rings is 2. The van der Waals surface area contributed by atoms with Crippen LogP contribution in [0.25, 0.3) is 11.8 Å². The van der Waals surface area contributed by atoms with Gasteiger partial charge in [-0.15, -0.1) is 0 Å². The molecule has 0 fully saturated rings. The number of alkyl halides is 3. The smallest absolute Gasteiger partial charge is 0.320 e. The maximum atomic E-state index is 13.2. The number of hydrogen-bond acceptors (Lipinski definition) is 2. The van der Waals surface area contributed by atoms with E-state index in [0.717, 1.165) is 17.8 Å². The number of rotatable bonds is 4. The molecular weight excluding hydrogens is 446 g/mol. The van der Waals surface area contributed by atoms with Gasteiger partial charge in [-0.3, -0.25) is 4.79 Å². The van der Waals surface area contributed by atoms with Gasteiger partial charge in [0.1, 0.15) is 17.5 Å². The second kappa shape index (κ2) is 8.89. The molecule has 2 aromatic carbocycles. The van der Waals surface area contributed by atoms with Crippen LogP contribution in [0.2, 0.25) is 5.02 Å². The molecule has 0 unspecified atom stereocenters. The van der Waals surface area contributed by atoms with Crippen LogP contribution >= 0.6 is 11.6 Å². The summed E-state index contributed by atoms with van der Waals surface area (Å²) >= 11 is 5.91. The first kappa shape index (κ1) is 23.1. The average molecular weight is 462 g/mol. The van der Waals surface area contributed by atoms with Gasteiger partial charge >= 0.3 is 6.18 Å². The Kier molecular flexibility index (Phi) is 6.42. The van der Waals surface area contributed by atoms with E-state index in [4.69, 9.17) is 11.6 Å². The lowest BCUT2D eigenvalue weighted by Crippen LogP contribution is -2.15. The van der Waals surface area contributed by atoms with Crippen molar-refractivity contribution in [2.45, 2.75) is 20.0 Å². The minimum Gasteiger partial charge on any atom is -0.320 e. The normalized spacial score (nSPS) is 11.9. The van der Waals surface area contributed by atoms with E-state index in [1.54, 1.807) is 31.2 Å². The van der Waals surface area contributed by atoms with Gasteiger partial charge in [0.15, 0.2) is 0 Å². The number of halogens is 5. The maximum absolute atomic E-state index is 13.2. The molecule has 164 valence electrons. The summed E-state index contributed by atoms with van der Waals surface area (Å²) in [6.07, 6.45) is -3.28. The SMILES string of the molecule is Cc1cc(/C=C(\C#N)C(=O)Nc2cc(C(F)(F)F)ccc2Cl)c(C)n1-c1ccc(F)cc1. The molecule has 0 saturated heterocycles. The highest BCUT2D eigenvalue weighted by Gasteiger charge is 2.31. The molecule has 0 bridgehead atoms. The largest absolute Gasteiger partial charge is 0.416 e. The van der Waals surface area contributed by atoms with Crippen LogP contribution in [0.15, 0.2) is 54.1 Å². The zero-order chi connectivity index (χ0) is 23.6. The van der Waals surface area contributed by atoms with Gasteiger partial charge in [-0.05, 0) is 74.0 Å². The van der Waals surface area contributed by atoms with Crippen LogP contribution in [0.4, 0.5) is 23.2 Å². The minimum absolute atomic E-state index is 0.0990. The van der Waals surface area contributed by atoms with Gasteiger partial charge in [-0.25, -0.2) is 4.39 Å². The van der Waals surface area contributed by atoms with Crippen LogP contribution in [0.3, 0.4) is 0 Å². The molecule has 4 nitrogen and oxygen atoms in total. The van der Waals surface area contributed by atoms with Gasteiger partial charge in [0.25, 0.3) is 5.91 Å². The molecule has 1 N–H and O–H groups in total. The van der Waals surface area contributed by atoms with Gasteiger partial charge in [0.05, 0.1) is 16.3 Å². The molecule has 0 aliphatic carbocycles. The summed E-state index contributed by atoms with van der Waals surface area (Å²) in [4.78, 5) is 12.6. The number of carbonyl (C=O) groups excluding carboxylic acids is 1. The summed E-state index contributed by atoms with van der Waals surface area (Å²) in [6.45, 7) is 3.57. The van der Waals surface area contributed by atoms with Crippen LogP contribution in [0.1, 0.15) is 22.5 Å². The first-order chi connectivity index (χ1) is 15.0. The number of aromatic nitrogens is 1. The summed E-state index contributed by atoms with van der Waals surface area (Å²) in [5.74, 6) is -1.28. The molecule has 1 heterocycles. The number of aryl methyl sites for hydroxylation is 1. The minimum atomic E-state index is -4.62. The molecule has 1 aromatic heterocycles. The Morgan fingerprint density at radius 1 is 1.12 bits per heavy atom. The van der Waals surface area contributed by atoms with Crippen molar-refractivity contribution in [1.29, 1.82) is 5.26 Å². The number of carbonyl (C=O) groups is 1. The number of nitrogens with zero attached hydrogens (tertiary/aromatic N) is 2. The summed E-state index contributed by atoms with van der Waals surface area (Å²) in [6, 6.07) is 11.8. The van der Waals surface area contributed by atoms with Gasteiger partial charge in [-0.1, -0.05) is 11.6 Å². The first-order valence-electron chi connectivity index (χ1n) is 9.26. The molecule has 9 heteroatoms. The predicted octanol–water partition coefficient (Wildman–Crippen LogP) is 6.45. The number of nitrogens with one attached hydrogen (secondary N) is 1. The van der Waals surface area contributed by atoms with Crippen LogP contribution < -0.4 is 5.32 Å². The Hall–Kier alpha value is -3.57. The monoisotopic (exact) mass is 461 g/mol. The molecule has 0 aliphatic rings. The Morgan fingerprint density at radius 2 is 1.78 bits per heavy atom. The van der Waals surface area contributed by atoms with Crippen molar-refractivity contribution in [2.24, 2.45) is 0 Å². The van der Waals surface area contributed by atoms with Crippen molar-refractivity contribution in [3.05, 3.63) is 87.5 Å². The van der Waals surface area contributed by atoms with Crippen LogP contribution in [0.5, 0.6) is 0 Å². The molecule has 3 aromatic rings. The molecule has 1 amide bonds. The summed E-state index contributed by atoms with van der Waals surface area (Å²) in [5.41, 5.74) is 1.14. The van der Waals surface area contributed by atoms with E-state index < -0.39 is 17.6 Å². The fraction of sp³-hybridized carbons (Fsp3) is 0.130. The van der Waals surface area contributed by atoms with Crippen molar-refractivity contribution in [1.82, 2.24) is 4.57 Å². The Balaban J connectivity index is 1.94. The lowest BCUT2D eigenvalue weighted by Gasteiger charge is -2.11. The molecule has 0 spiro atoms.